The van der Waals surface area contributed by atoms with Crippen LogP contribution >= 0.6 is 0 Å². The van der Waals surface area contributed by atoms with E-state index in [1.54, 1.807) is 6.08 Å². The minimum atomic E-state index is -0.779. The molecule has 4 atom stereocenters. The van der Waals surface area contributed by atoms with Gasteiger partial charge in [-0.3, -0.25) is 4.79 Å². The molecule has 0 aromatic rings. The SMILES string of the molecule is C=C[C@@H]1OCC[C@H]1C(=O)N[C@H](CO)[C@@H](C)O. The molecule has 3 N–H and O–H groups in total. The molecular formula is C11H19NO4. The summed E-state index contributed by atoms with van der Waals surface area (Å²) in [5.41, 5.74) is 0. The number of nitrogens with one attached hydrogen (secondary N) is 1. The highest BCUT2D eigenvalue weighted by Gasteiger charge is 2.33. The molecule has 1 aliphatic heterocycles. The van der Waals surface area contributed by atoms with Crippen molar-refractivity contribution in [1.82, 2.24) is 5.32 Å². The van der Waals surface area contributed by atoms with Gasteiger partial charge in [0.05, 0.1) is 30.8 Å². The fraction of sp³-hybridized carbons (Fsp3) is 0.727. The van der Waals surface area contributed by atoms with Gasteiger partial charge in [0.15, 0.2) is 0 Å². The summed E-state index contributed by atoms with van der Waals surface area (Å²) >= 11 is 0. The molecule has 1 heterocycles. The summed E-state index contributed by atoms with van der Waals surface area (Å²) < 4.78 is 5.31. The maximum Gasteiger partial charge on any atom is 0.226 e. The first-order chi connectivity index (χ1) is 7.60. The first-order valence-corrected chi connectivity index (χ1v) is 5.43. The summed E-state index contributed by atoms with van der Waals surface area (Å²) in [5, 5.41) is 20.9. The van der Waals surface area contributed by atoms with Crippen LogP contribution < -0.4 is 5.32 Å². The second kappa shape index (κ2) is 5.98. The minimum absolute atomic E-state index is 0.206. The number of hydrogen-bond acceptors (Lipinski definition) is 4. The Morgan fingerprint density at radius 2 is 2.44 bits per heavy atom. The molecule has 0 aromatic heterocycles. The summed E-state index contributed by atoms with van der Waals surface area (Å²) in [7, 11) is 0. The van der Waals surface area contributed by atoms with Crippen molar-refractivity contribution in [2.24, 2.45) is 5.92 Å². The number of aliphatic hydroxyl groups is 2. The Balaban J connectivity index is 2.53. The van der Waals surface area contributed by atoms with Crippen molar-refractivity contribution in [3.63, 3.8) is 0 Å². The lowest BCUT2D eigenvalue weighted by Crippen LogP contribution is -2.48. The van der Waals surface area contributed by atoms with Crippen molar-refractivity contribution < 1.29 is 19.7 Å². The number of rotatable bonds is 5. The predicted molar refractivity (Wildman–Crippen MR) is 58.7 cm³/mol. The predicted octanol–water partition coefficient (Wildman–Crippen LogP) is -0.565. The molecule has 5 nitrogen and oxygen atoms in total. The summed E-state index contributed by atoms with van der Waals surface area (Å²) in [4.78, 5) is 11.8. The number of ether oxygens (including phenoxy) is 1. The van der Waals surface area contributed by atoms with Gasteiger partial charge in [-0.05, 0) is 13.3 Å². The quantitative estimate of drug-likeness (QED) is 0.552. The monoisotopic (exact) mass is 229 g/mol. The highest BCUT2D eigenvalue weighted by atomic mass is 16.5. The molecule has 1 rings (SSSR count). The van der Waals surface area contributed by atoms with E-state index in [-0.39, 0.29) is 24.5 Å². The van der Waals surface area contributed by atoms with E-state index >= 15 is 0 Å². The largest absolute Gasteiger partial charge is 0.394 e. The second-order valence-corrected chi connectivity index (χ2v) is 4.00. The van der Waals surface area contributed by atoms with E-state index in [9.17, 15) is 9.90 Å². The van der Waals surface area contributed by atoms with Gasteiger partial charge < -0.3 is 20.3 Å². The van der Waals surface area contributed by atoms with Crippen molar-refractivity contribution in [2.45, 2.75) is 31.6 Å². The van der Waals surface area contributed by atoms with Crippen LogP contribution in [0.1, 0.15) is 13.3 Å². The normalized spacial score (nSPS) is 28.4. The molecule has 0 saturated carbocycles. The van der Waals surface area contributed by atoms with Crippen molar-refractivity contribution in [3.05, 3.63) is 12.7 Å². The number of hydrogen-bond donors (Lipinski definition) is 3. The average Bonchev–Trinajstić information content (AvgIpc) is 2.72. The van der Waals surface area contributed by atoms with Gasteiger partial charge >= 0.3 is 0 Å². The Bertz CT molecular complexity index is 254. The smallest absolute Gasteiger partial charge is 0.226 e. The molecule has 0 spiro atoms. The van der Waals surface area contributed by atoms with Gasteiger partial charge in [0.25, 0.3) is 0 Å². The third kappa shape index (κ3) is 3.04. The second-order valence-electron chi connectivity index (χ2n) is 4.00. The molecule has 1 amide bonds. The van der Waals surface area contributed by atoms with Crippen molar-refractivity contribution >= 4 is 5.91 Å². The fourth-order valence-corrected chi connectivity index (χ4v) is 1.73. The van der Waals surface area contributed by atoms with Crippen LogP contribution in [0.15, 0.2) is 12.7 Å². The molecule has 5 heteroatoms. The number of carbonyl (C=O) groups is 1. The molecule has 16 heavy (non-hydrogen) atoms. The zero-order chi connectivity index (χ0) is 12.1. The third-order valence-corrected chi connectivity index (χ3v) is 2.81. The molecule has 1 saturated heterocycles. The maximum absolute atomic E-state index is 11.8. The Labute approximate surface area is 95.1 Å². The van der Waals surface area contributed by atoms with Crippen LogP contribution in [-0.4, -0.2) is 47.6 Å². The van der Waals surface area contributed by atoms with Gasteiger partial charge in [-0.1, -0.05) is 6.08 Å². The lowest BCUT2D eigenvalue weighted by atomic mass is 10.00. The van der Waals surface area contributed by atoms with Gasteiger partial charge in [0.1, 0.15) is 0 Å². The van der Waals surface area contributed by atoms with E-state index in [2.05, 4.69) is 11.9 Å². The van der Waals surface area contributed by atoms with Gasteiger partial charge in [-0.15, -0.1) is 6.58 Å². The number of carbonyl (C=O) groups excluding carboxylic acids is 1. The Morgan fingerprint density at radius 3 is 2.94 bits per heavy atom. The average molecular weight is 229 g/mol. The fourth-order valence-electron chi connectivity index (χ4n) is 1.73. The maximum atomic E-state index is 11.8. The minimum Gasteiger partial charge on any atom is -0.394 e. The third-order valence-electron chi connectivity index (χ3n) is 2.81. The van der Waals surface area contributed by atoms with Gasteiger partial charge in [0, 0.05) is 6.61 Å². The zero-order valence-electron chi connectivity index (χ0n) is 9.43. The molecule has 0 aliphatic carbocycles. The molecule has 1 aliphatic rings. The summed E-state index contributed by atoms with van der Waals surface area (Å²) in [6.07, 6.45) is 1.19. The Morgan fingerprint density at radius 1 is 1.75 bits per heavy atom. The van der Waals surface area contributed by atoms with Crippen LogP contribution in [0.3, 0.4) is 0 Å². The van der Waals surface area contributed by atoms with Crippen molar-refractivity contribution in [3.8, 4) is 0 Å². The van der Waals surface area contributed by atoms with Crippen LogP contribution in [0, 0.1) is 5.92 Å². The van der Waals surface area contributed by atoms with E-state index in [0.717, 1.165) is 0 Å². The highest BCUT2D eigenvalue weighted by molar-refractivity contribution is 5.80. The Hall–Kier alpha value is -0.910. The zero-order valence-corrected chi connectivity index (χ0v) is 9.43. The molecule has 1 fully saturated rings. The Kier molecular flexibility index (Phi) is 4.92. The van der Waals surface area contributed by atoms with Gasteiger partial charge in [0.2, 0.25) is 5.91 Å². The van der Waals surface area contributed by atoms with Crippen LogP contribution in [0.4, 0.5) is 0 Å². The standard InChI is InChI=1S/C11H19NO4/c1-3-10-8(4-5-16-10)11(15)12-9(6-13)7(2)14/h3,7-10,13-14H,1,4-6H2,2H3,(H,12,15)/t7-,8-,9-,10+/m1/s1. The molecule has 0 aromatic carbocycles. The van der Waals surface area contributed by atoms with E-state index in [0.29, 0.717) is 13.0 Å². The van der Waals surface area contributed by atoms with Crippen molar-refractivity contribution in [2.75, 3.05) is 13.2 Å². The van der Waals surface area contributed by atoms with E-state index in [4.69, 9.17) is 9.84 Å². The topological polar surface area (TPSA) is 78.8 Å². The van der Waals surface area contributed by atoms with Crippen molar-refractivity contribution in [1.29, 1.82) is 0 Å². The summed E-state index contributed by atoms with van der Waals surface area (Å²) in [5.74, 6) is -0.479. The van der Waals surface area contributed by atoms with Crippen LogP contribution in [0.2, 0.25) is 0 Å². The first-order valence-electron chi connectivity index (χ1n) is 5.43. The molecular weight excluding hydrogens is 210 g/mol. The molecule has 92 valence electrons. The first kappa shape index (κ1) is 13.2. The van der Waals surface area contributed by atoms with Gasteiger partial charge in [-0.25, -0.2) is 0 Å². The van der Waals surface area contributed by atoms with E-state index < -0.39 is 12.1 Å². The van der Waals surface area contributed by atoms with Crippen LogP contribution in [-0.2, 0) is 9.53 Å². The lowest BCUT2D eigenvalue weighted by Gasteiger charge is -2.22. The van der Waals surface area contributed by atoms with Crippen LogP contribution in [0.25, 0.3) is 0 Å². The number of amides is 1. The summed E-state index contributed by atoms with van der Waals surface area (Å²) in [6, 6.07) is -0.626. The van der Waals surface area contributed by atoms with Crippen LogP contribution in [0.5, 0.6) is 0 Å². The molecule has 0 unspecified atom stereocenters. The highest BCUT2D eigenvalue weighted by Crippen LogP contribution is 2.21. The molecule has 0 radical (unpaired) electrons. The van der Waals surface area contributed by atoms with E-state index in [1.807, 2.05) is 0 Å². The van der Waals surface area contributed by atoms with E-state index in [1.165, 1.54) is 6.92 Å². The lowest BCUT2D eigenvalue weighted by molar-refractivity contribution is -0.127. The summed E-state index contributed by atoms with van der Waals surface area (Å²) in [6.45, 7) is 5.38. The van der Waals surface area contributed by atoms with Gasteiger partial charge in [-0.2, -0.15) is 0 Å². The molecule has 0 bridgehead atoms. The number of aliphatic hydroxyl groups excluding tert-OH is 2.